The van der Waals surface area contributed by atoms with Crippen LogP contribution in [-0.2, 0) is 0 Å². The lowest BCUT2D eigenvalue weighted by Crippen LogP contribution is -2.40. The molecule has 2 rings (SSSR count). The first-order valence-corrected chi connectivity index (χ1v) is 7.76. The van der Waals surface area contributed by atoms with Gasteiger partial charge in [-0.05, 0) is 19.5 Å². The smallest absolute Gasteiger partial charge is 0.132 e. The summed E-state index contributed by atoms with van der Waals surface area (Å²) in [5.74, 6) is 0.564. The number of alkyl halides is 1. The van der Waals surface area contributed by atoms with Gasteiger partial charge in [-0.2, -0.15) is 10.5 Å². The molecule has 23 heavy (non-hydrogen) atoms. The van der Waals surface area contributed by atoms with Crippen molar-refractivity contribution in [2.45, 2.75) is 31.5 Å². The van der Waals surface area contributed by atoms with E-state index in [0.29, 0.717) is 38.9 Å². The van der Waals surface area contributed by atoms with Gasteiger partial charge in [0, 0.05) is 38.2 Å². The molecule has 1 aromatic heterocycles. The zero-order valence-electron chi connectivity index (χ0n) is 13.3. The molecule has 0 aromatic carbocycles. The van der Waals surface area contributed by atoms with Gasteiger partial charge in [-0.3, -0.25) is 0 Å². The Bertz CT molecular complexity index is 566. The summed E-state index contributed by atoms with van der Waals surface area (Å²) in [6.07, 6.45) is 3.67. The standard InChI is InChI=1S/C16H21FN6/c1-22(9-13(8-19)3-2-5-18)11-15-7-14(17)10-23(15)16-4-6-20-12-21-16/h4,6,12-15H,2-3,7,9-11H2,1H3/t13-,14-,15-/m0/s1. The zero-order valence-corrected chi connectivity index (χ0v) is 13.3. The fourth-order valence-corrected chi connectivity index (χ4v) is 3.01. The molecule has 1 fully saturated rings. The highest BCUT2D eigenvalue weighted by Gasteiger charge is 2.33. The van der Waals surface area contributed by atoms with Crippen molar-refractivity contribution in [1.82, 2.24) is 14.9 Å². The molecule has 2 heterocycles. The van der Waals surface area contributed by atoms with Crippen LogP contribution in [0.2, 0.25) is 0 Å². The number of hydrogen-bond acceptors (Lipinski definition) is 6. The molecule has 3 atom stereocenters. The van der Waals surface area contributed by atoms with Crippen LogP contribution in [0.25, 0.3) is 0 Å². The van der Waals surface area contributed by atoms with Gasteiger partial charge in [-0.15, -0.1) is 0 Å². The third kappa shape index (κ3) is 4.87. The number of nitriles is 2. The highest BCUT2D eigenvalue weighted by molar-refractivity contribution is 5.40. The van der Waals surface area contributed by atoms with E-state index in [1.807, 2.05) is 16.8 Å². The van der Waals surface area contributed by atoms with Crippen molar-refractivity contribution in [3.8, 4) is 12.1 Å². The molecule has 0 aliphatic carbocycles. The molecular formula is C16H21FN6. The van der Waals surface area contributed by atoms with E-state index in [0.717, 1.165) is 5.82 Å². The van der Waals surface area contributed by atoms with Gasteiger partial charge in [0.1, 0.15) is 18.3 Å². The topological polar surface area (TPSA) is 79.8 Å². The highest BCUT2D eigenvalue weighted by Crippen LogP contribution is 2.26. The minimum absolute atomic E-state index is 0.0280. The Kier molecular flexibility index (Phi) is 6.25. The molecular weight excluding hydrogens is 295 g/mol. The normalized spacial score (nSPS) is 21.9. The molecule has 0 spiro atoms. The van der Waals surface area contributed by atoms with Crippen LogP contribution in [-0.4, -0.2) is 53.8 Å². The molecule has 1 aliphatic heterocycles. The van der Waals surface area contributed by atoms with Gasteiger partial charge in [0.2, 0.25) is 0 Å². The molecule has 6 nitrogen and oxygen atoms in total. The van der Waals surface area contributed by atoms with Crippen molar-refractivity contribution in [3.63, 3.8) is 0 Å². The van der Waals surface area contributed by atoms with Crippen LogP contribution in [0.5, 0.6) is 0 Å². The quantitative estimate of drug-likeness (QED) is 0.762. The Morgan fingerprint density at radius 1 is 1.52 bits per heavy atom. The van der Waals surface area contributed by atoms with Crippen LogP contribution in [0.1, 0.15) is 19.3 Å². The maximum atomic E-state index is 13.9. The number of anilines is 1. The average molecular weight is 316 g/mol. The molecule has 1 aliphatic rings. The number of hydrogen-bond donors (Lipinski definition) is 0. The second-order valence-corrected chi connectivity index (χ2v) is 5.95. The number of halogens is 1. The summed E-state index contributed by atoms with van der Waals surface area (Å²) in [6, 6.07) is 6.13. The van der Waals surface area contributed by atoms with E-state index < -0.39 is 6.17 Å². The van der Waals surface area contributed by atoms with Crippen molar-refractivity contribution in [3.05, 3.63) is 18.6 Å². The highest BCUT2D eigenvalue weighted by atomic mass is 19.1. The summed E-state index contributed by atoms with van der Waals surface area (Å²) >= 11 is 0. The molecule has 1 aromatic rings. The Hall–Kier alpha value is -2.25. The fourth-order valence-electron chi connectivity index (χ4n) is 3.01. The predicted octanol–water partition coefficient (Wildman–Crippen LogP) is 1.77. The Labute approximate surface area is 136 Å². The summed E-state index contributed by atoms with van der Waals surface area (Å²) in [7, 11) is 1.93. The third-order valence-corrected chi connectivity index (χ3v) is 4.07. The average Bonchev–Trinajstić information content (AvgIpc) is 2.92. The molecule has 0 amide bonds. The Morgan fingerprint density at radius 2 is 2.35 bits per heavy atom. The molecule has 0 N–H and O–H groups in total. The largest absolute Gasteiger partial charge is 0.349 e. The van der Waals surface area contributed by atoms with Crippen molar-refractivity contribution < 1.29 is 4.39 Å². The maximum absolute atomic E-state index is 13.9. The minimum Gasteiger partial charge on any atom is -0.349 e. The van der Waals surface area contributed by atoms with Gasteiger partial charge in [-0.25, -0.2) is 14.4 Å². The van der Waals surface area contributed by atoms with E-state index >= 15 is 0 Å². The first-order valence-electron chi connectivity index (χ1n) is 7.76. The van der Waals surface area contributed by atoms with Crippen LogP contribution in [0.3, 0.4) is 0 Å². The lowest BCUT2D eigenvalue weighted by molar-refractivity contribution is 0.270. The van der Waals surface area contributed by atoms with E-state index in [1.165, 1.54) is 6.33 Å². The van der Waals surface area contributed by atoms with Crippen LogP contribution in [0.15, 0.2) is 18.6 Å². The van der Waals surface area contributed by atoms with Gasteiger partial charge in [-0.1, -0.05) is 0 Å². The van der Waals surface area contributed by atoms with Crippen LogP contribution in [0.4, 0.5) is 10.2 Å². The second-order valence-electron chi connectivity index (χ2n) is 5.95. The number of nitrogens with zero attached hydrogens (tertiary/aromatic N) is 6. The predicted molar refractivity (Wildman–Crippen MR) is 84.1 cm³/mol. The Balaban J connectivity index is 1.94. The second kappa shape index (κ2) is 8.40. The van der Waals surface area contributed by atoms with Gasteiger partial charge in [0.15, 0.2) is 0 Å². The van der Waals surface area contributed by atoms with Crippen molar-refractivity contribution >= 4 is 5.82 Å². The SMILES string of the molecule is CN(C[C@H](C#N)CCC#N)C[C@@H]1C[C@H](F)CN1c1ccncn1. The zero-order chi connectivity index (χ0) is 16.7. The molecule has 0 saturated carbocycles. The summed E-state index contributed by atoms with van der Waals surface area (Å²) < 4.78 is 13.9. The lowest BCUT2D eigenvalue weighted by Gasteiger charge is -2.29. The molecule has 1 saturated heterocycles. The molecule has 0 unspecified atom stereocenters. The van der Waals surface area contributed by atoms with E-state index in [4.69, 9.17) is 10.5 Å². The Morgan fingerprint density at radius 3 is 3.00 bits per heavy atom. The van der Waals surface area contributed by atoms with Crippen molar-refractivity contribution in [2.24, 2.45) is 5.92 Å². The summed E-state index contributed by atoms with van der Waals surface area (Å²) in [4.78, 5) is 12.1. The minimum atomic E-state index is -0.867. The summed E-state index contributed by atoms with van der Waals surface area (Å²) in [5.41, 5.74) is 0. The van der Waals surface area contributed by atoms with Gasteiger partial charge in [0.25, 0.3) is 0 Å². The van der Waals surface area contributed by atoms with Crippen LogP contribution >= 0.6 is 0 Å². The van der Waals surface area contributed by atoms with Gasteiger partial charge < -0.3 is 9.80 Å². The number of likely N-dealkylation sites (N-methyl/N-ethyl adjacent to an activating group) is 1. The fraction of sp³-hybridized carbons (Fsp3) is 0.625. The third-order valence-electron chi connectivity index (χ3n) is 4.07. The first-order chi connectivity index (χ1) is 11.1. The molecule has 7 heteroatoms. The lowest BCUT2D eigenvalue weighted by atomic mass is 10.0. The first kappa shape index (κ1) is 17.1. The molecule has 0 bridgehead atoms. The summed E-state index contributed by atoms with van der Waals surface area (Å²) in [6.45, 7) is 1.59. The summed E-state index contributed by atoms with van der Waals surface area (Å²) in [5, 5.41) is 17.8. The monoisotopic (exact) mass is 316 g/mol. The molecule has 122 valence electrons. The van der Waals surface area contributed by atoms with Gasteiger partial charge >= 0.3 is 0 Å². The maximum Gasteiger partial charge on any atom is 0.132 e. The van der Waals surface area contributed by atoms with Crippen molar-refractivity contribution in [1.29, 1.82) is 10.5 Å². The van der Waals surface area contributed by atoms with Crippen LogP contribution < -0.4 is 4.90 Å². The number of rotatable bonds is 7. The van der Waals surface area contributed by atoms with E-state index in [-0.39, 0.29) is 12.0 Å². The van der Waals surface area contributed by atoms with E-state index in [2.05, 4.69) is 22.1 Å². The van der Waals surface area contributed by atoms with Gasteiger partial charge in [0.05, 0.1) is 24.6 Å². The molecule has 0 radical (unpaired) electrons. The van der Waals surface area contributed by atoms with Crippen molar-refractivity contribution in [2.75, 3.05) is 31.6 Å². The van der Waals surface area contributed by atoms with E-state index in [9.17, 15) is 4.39 Å². The van der Waals surface area contributed by atoms with E-state index in [1.54, 1.807) is 12.3 Å². The van der Waals surface area contributed by atoms with Crippen LogP contribution in [0, 0.1) is 28.6 Å². The number of aromatic nitrogens is 2.